The number of carbonyl (C=O) groups is 2. The molecular weight excluding hydrogens is 487 g/mol. The van der Waals surface area contributed by atoms with E-state index in [9.17, 15) is 22.8 Å². The Hall–Kier alpha value is -3.63. The van der Waals surface area contributed by atoms with Gasteiger partial charge in [-0.1, -0.05) is 0 Å². The number of likely N-dealkylation sites (tertiary alicyclic amines) is 1. The van der Waals surface area contributed by atoms with E-state index in [1.165, 1.54) is 36.4 Å². The summed E-state index contributed by atoms with van der Waals surface area (Å²) in [5.41, 5.74) is 1.94. The van der Waals surface area contributed by atoms with Gasteiger partial charge in [0.25, 0.3) is 12.3 Å². The van der Waals surface area contributed by atoms with Crippen molar-refractivity contribution in [3.63, 3.8) is 0 Å². The number of alkyl halides is 3. The Morgan fingerprint density at radius 2 is 2.03 bits per heavy atom. The molecule has 2 N–H and O–H groups in total. The highest BCUT2D eigenvalue weighted by Gasteiger charge is 2.33. The van der Waals surface area contributed by atoms with Crippen molar-refractivity contribution in [2.24, 2.45) is 5.92 Å². The first kappa shape index (κ1) is 25.0. The van der Waals surface area contributed by atoms with Crippen LogP contribution in [0.2, 0.25) is 0 Å². The highest BCUT2D eigenvalue weighted by Crippen LogP contribution is 2.38. The molecular formula is C26H28F3N5O3. The Balaban J connectivity index is 1.47. The second-order valence-corrected chi connectivity index (χ2v) is 9.73. The van der Waals surface area contributed by atoms with Crippen molar-refractivity contribution in [2.75, 3.05) is 19.7 Å². The Morgan fingerprint density at radius 3 is 2.70 bits per heavy atom. The zero-order valence-electron chi connectivity index (χ0n) is 20.6. The normalized spacial score (nSPS) is 19.9. The lowest BCUT2D eigenvalue weighted by Crippen LogP contribution is -2.53. The van der Waals surface area contributed by atoms with Gasteiger partial charge in [0.05, 0.1) is 30.3 Å². The summed E-state index contributed by atoms with van der Waals surface area (Å²) in [6.45, 7) is 3.83. The molecule has 1 aliphatic carbocycles. The molecule has 1 aromatic carbocycles. The van der Waals surface area contributed by atoms with Crippen LogP contribution >= 0.6 is 0 Å². The van der Waals surface area contributed by atoms with E-state index in [-0.39, 0.29) is 30.0 Å². The zero-order chi connectivity index (χ0) is 26.3. The van der Waals surface area contributed by atoms with Crippen LogP contribution in [0.4, 0.5) is 13.2 Å². The largest absolute Gasteiger partial charge is 0.493 e. The van der Waals surface area contributed by atoms with Gasteiger partial charge in [-0.25, -0.2) is 23.1 Å². The summed E-state index contributed by atoms with van der Waals surface area (Å²) in [6.07, 6.45) is -0.376. The highest BCUT2D eigenvalue weighted by atomic mass is 19.3. The molecule has 0 spiro atoms. The van der Waals surface area contributed by atoms with Crippen LogP contribution in [0.25, 0.3) is 22.3 Å². The maximum absolute atomic E-state index is 14.7. The molecule has 0 unspecified atom stereocenters. The molecule has 2 amide bonds. The van der Waals surface area contributed by atoms with Gasteiger partial charge >= 0.3 is 0 Å². The Kier molecular flexibility index (Phi) is 6.78. The van der Waals surface area contributed by atoms with Crippen LogP contribution in [0.1, 0.15) is 54.2 Å². The molecule has 37 heavy (non-hydrogen) atoms. The van der Waals surface area contributed by atoms with Gasteiger partial charge in [0.2, 0.25) is 5.91 Å². The number of rotatable bonds is 7. The van der Waals surface area contributed by atoms with E-state index in [2.05, 4.69) is 20.3 Å². The van der Waals surface area contributed by atoms with Crippen molar-refractivity contribution in [3.05, 3.63) is 41.3 Å². The van der Waals surface area contributed by atoms with Crippen LogP contribution in [0.3, 0.4) is 0 Å². The van der Waals surface area contributed by atoms with E-state index in [1.807, 2.05) is 0 Å². The molecule has 11 heteroatoms. The number of H-pyrrole nitrogens is 1. The van der Waals surface area contributed by atoms with E-state index in [4.69, 9.17) is 4.74 Å². The van der Waals surface area contributed by atoms with Crippen molar-refractivity contribution in [1.29, 1.82) is 0 Å². The van der Waals surface area contributed by atoms with Gasteiger partial charge in [-0.15, -0.1) is 0 Å². The summed E-state index contributed by atoms with van der Waals surface area (Å²) in [6, 6.07) is 3.45. The van der Waals surface area contributed by atoms with Gasteiger partial charge < -0.3 is 19.9 Å². The molecule has 1 aliphatic heterocycles. The van der Waals surface area contributed by atoms with E-state index in [0.717, 1.165) is 12.8 Å². The molecule has 2 aromatic heterocycles. The monoisotopic (exact) mass is 515 g/mol. The van der Waals surface area contributed by atoms with E-state index >= 15 is 0 Å². The van der Waals surface area contributed by atoms with E-state index in [1.54, 1.807) is 6.92 Å². The first-order chi connectivity index (χ1) is 17.7. The number of ether oxygens (including phenoxy) is 1. The number of halogens is 3. The van der Waals surface area contributed by atoms with Crippen LogP contribution in [-0.2, 0) is 4.79 Å². The number of hydrogen-bond donors (Lipinski definition) is 2. The second kappa shape index (κ2) is 10.0. The molecule has 0 radical (unpaired) electrons. The maximum atomic E-state index is 14.7. The molecule has 196 valence electrons. The number of nitrogens with zero attached hydrogens (tertiary/aromatic N) is 3. The molecule has 2 fully saturated rings. The average Bonchev–Trinajstić information content (AvgIpc) is 3.63. The van der Waals surface area contributed by atoms with Crippen molar-refractivity contribution in [3.8, 4) is 17.0 Å². The fourth-order valence-corrected chi connectivity index (χ4v) is 4.68. The molecule has 1 saturated carbocycles. The summed E-state index contributed by atoms with van der Waals surface area (Å²) >= 11 is 0. The molecule has 3 aromatic rings. The van der Waals surface area contributed by atoms with E-state index < -0.39 is 24.5 Å². The van der Waals surface area contributed by atoms with Crippen LogP contribution in [-0.4, -0.2) is 63.6 Å². The van der Waals surface area contributed by atoms with Crippen LogP contribution < -0.4 is 10.1 Å². The Morgan fingerprint density at radius 1 is 1.24 bits per heavy atom. The van der Waals surface area contributed by atoms with Gasteiger partial charge in [-0.3, -0.25) is 9.59 Å². The fourth-order valence-electron chi connectivity index (χ4n) is 4.68. The molecule has 2 aliphatic rings. The van der Waals surface area contributed by atoms with Gasteiger partial charge in [0.1, 0.15) is 29.5 Å². The number of aromatic amines is 1. The fraction of sp³-hybridized carbons (Fsp3) is 0.462. The number of fused-ring (bicyclic) bond motifs is 1. The highest BCUT2D eigenvalue weighted by molar-refractivity contribution is 6.09. The van der Waals surface area contributed by atoms with Crippen LogP contribution in [0.15, 0.2) is 24.5 Å². The van der Waals surface area contributed by atoms with E-state index in [0.29, 0.717) is 52.8 Å². The Labute approximate surface area is 211 Å². The minimum Gasteiger partial charge on any atom is -0.493 e. The summed E-state index contributed by atoms with van der Waals surface area (Å²) in [5, 5.41) is 2.74. The van der Waals surface area contributed by atoms with Crippen LogP contribution in [0, 0.1) is 12.8 Å². The molecule has 5 rings (SSSR count). The molecule has 0 bridgehead atoms. The van der Waals surface area contributed by atoms with Gasteiger partial charge in [-0.2, -0.15) is 0 Å². The first-order valence-electron chi connectivity index (χ1n) is 12.3. The van der Waals surface area contributed by atoms with Crippen LogP contribution in [0.5, 0.6) is 5.75 Å². The van der Waals surface area contributed by atoms with Gasteiger partial charge in [0, 0.05) is 30.3 Å². The Bertz CT molecular complexity index is 1340. The predicted octanol–water partition coefficient (Wildman–Crippen LogP) is 4.35. The quantitative estimate of drug-likeness (QED) is 0.488. The summed E-state index contributed by atoms with van der Waals surface area (Å²) in [7, 11) is 0. The molecule has 1 saturated heterocycles. The number of hydrogen-bond acceptors (Lipinski definition) is 5. The number of aryl methyl sites for hydroxylation is 1. The second-order valence-electron chi connectivity index (χ2n) is 9.73. The lowest BCUT2D eigenvalue weighted by molar-refractivity contribution is -0.131. The van der Waals surface area contributed by atoms with Crippen molar-refractivity contribution < 1.29 is 27.5 Å². The number of amides is 2. The minimum absolute atomic E-state index is 0.0798. The zero-order valence-corrected chi connectivity index (χ0v) is 20.6. The molecule has 8 nitrogen and oxygen atoms in total. The smallest absolute Gasteiger partial charge is 0.263 e. The third-order valence-corrected chi connectivity index (χ3v) is 6.98. The van der Waals surface area contributed by atoms with Gasteiger partial charge in [-0.05, 0) is 50.3 Å². The van der Waals surface area contributed by atoms with Crippen molar-refractivity contribution >= 4 is 22.8 Å². The number of aromatic nitrogens is 3. The third kappa shape index (κ3) is 5.12. The third-order valence-electron chi connectivity index (χ3n) is 6.98. The number of nitrogens with one attached hydrogen (secondary N) is 2. The standard InChI is InChI=1S/C26H28F3N5O3/c1-13-21(26(36)33-19-7-8-34(14(2)35)10-18(19)27)23-24(32-13)22(30-12-31-23)17-9-16(25(28)29)5-6-20(17)37-11-15-3-4-15/h5-6,9,12,15,18-19,25,32H,3-4,7-8,10-11H2,1-2H3,(H,33,36)/t18-,19-/m1/s1. The van der Waals surface area contributed by atoms with Gasteiger partial charge in [0.15, 0.2) is 0 Å². The molecule has 3 heterocycles. The van der Waals surface area contributed by atoms with Crippen molar-refractivity contribution in [1.82, 2.24) is 25.2 Å². The lowest BCUT2D eigenvalue weighted by Gasteiger charge is -2.34. The average molecular weight is 516 g/mol. The minimum atomic E-state index is -2.68. The molecule has 2 atom stereocenters. The number of benzene rings is 1. The number of piperidine rings is 1. The summed E-state index contributed by atoms with van der Waals surface area (Å²) in [5.74, 6) is 0.161. The lowest BCUT2D eigenvalue weighted by atomic mass is 10.0. The summed E-state index contributed by atoms with van der Waals surface area (Å²) < 4.78 is 47.8. The summed E-state index contributed by atoms with van der Waals surface area (Å²) in [4.78, 5) is 38.0. The van der Waals surface area contributed by atoms with Crippen molar-refractivity contribution in [2.45, 2.75) is 51.7 Å². The predicted molar refractivity (Wildman–Crippen MR) is 130 cm³/mol. The topological polar surface area (TPSA) is 100 Å². The SMILES string of the molecule is CC(=O)N1CC[C@@H](NC(=O)c2c(C)[nH]c3c(-c4cc(C(F)F)ccc4OCC4CC4)ncnc23)[C@H](F)C1. The first-order valence-corrected chi connectivity index (χ1v) is 12.3. The maximum Gasteiger partial charge on any atom is 0.263 e. The number of carbonyl (C=O) groups excluding carboxylic acids is 2.